The molecule has 3 heterocycles. The van der Waals surface area contributed by atoms with E-state index in [9.17, 15) is 4.79 Å². The number of anilines is 1. The third kappa shape index (κ3) is 2.66. The molecule has 0 saturated carbocycles. The fraction of sp³-hybridized carbons (Fsp3) is 0.125. The molecule has 2 aromatic heterocycles. The lowest BCUT2D eigenvalue weighted by molar-refractivity contribution is 0.102. The molecule has 0 aliphatic carbocycles. The van der Waals surface area contributed by atoms with E-state index >= 15 is 0 Å². The highest BCUT2D eigenvalue weighted by molar-refractivity contribution is 7.13. The molecule has 0 atom stereocenters. The van der Waals surface area contributed by atoms with E-state index in [2.05, 4.69) is 10.3 Å². The fourth-order valence-electron chi connectivity index (χ4n) is 2.21. The van der Waals surface area contributed by atoms with Crippen LogP contribution in [0.2, 0.25) is 0 Å². The third-order valence-corrected chi connectivity index (χ3v) is 4.18. The second-order valence-corrected chi connectivity index (χ2v) is 5.83. The van der Waals surface area contributed by atoms with Gasteiger partial charge in [0.1, 0.15) is 11.5 Å². The molecular weight excluding hydrogens is 316 g/mol. The lowest BCUT2D eigenvalue weighted by Crippen LogP contribution is -2.12. The molecule has 6 nitrogen and oxygen atoms in total. The summed E-state index contributed by atoms with van der Waals surface area (Å²) in [5, 5.41) is 5.18. The zero-order valence-corrected chi connectivity index (χ0v) is 13.0. The van der Waals surface area contributed by atoms with Gasteiger partial charge < -0.3 is 19.2 Å². The van der Waals surface area contributed by atoms with E-state index in [-0.39, 0.29) is 12.7 Å². The highest BCUT2D eigenvalue weighted by atomic mass is 32.1. The number of furan rings is 1. The summed E-state index contributed by atoms with van der Waals surface area (Å²) >= 11 is 1.36. The predicted molar refractivity (Wildman–Crippen MR) is 85.1 cm³/mol. The van der Waals surface area contributed by atoms with Gasteiger partial charge in [0, 0.05) is 17.1 Å². The maximum absolute atomic E-state index is 12.3. The monoisotopic (exact) mass is 328 g/mol. The lowest BCUT2D eigenvalue weighted by atomic mass is 10.2. The first kappa shape index (κ1) is 13.8. The van der Waals surface area contributed by atoms with E-state index in [0.29, 0.717) is 33.6 Å². The Kier molecular flexibility index (Phi) is 3.27. The first-order valence-corrected chi connectivity index (χ1v) is 7.80. The molecule has 1 aromatic carbocycles. The number of amides is 1. The zero-order valence-electron chi connectivity index (χ0n) is 12.2. The van der Waals surface area contributed by atoms with Gasteiger partial charge in [-0.3, -0.25) is 4.79 Å². The van der Waals surface area contributed by atoms with Crippen LogP contribution in [0, 0.1) is 6.92 Å². The van der Waals surface area contributed by atoms with Gasteiger partial charge in [0.25, 0.3) is 5.91 Å². The van der Waals surface area contributed by atoms with Crippen molar-refractivity contribution in [1.29, 1.82) is 0 Å². The summed E-state index contributed by atoms with van der Waals surface area (Å²) in [7, 11) is 0. The largest absolute Gasteiger partial charge is 0.459 e. The van der Waals surface area contributed by atoms with Crippen molar-refractivity contribution in [2.45, 2.75) is 6.92 Å². The number of nitrogens with zero attached hydrogens (tertiary/aromatic N) is 1. The van der Waals surface area contributed by atoms with Crippen LogP contribution >= 0.6 is 11.3 Å². The van der Waals surface area contributed by atoms with E-state index in [1.165, 1.54) is 11.3 Å². The van der Waals surface area contributed by atoms with Crippen LogP contribution < -0.4 is 14.8 Å². The number of ether oxygens (including phenoxy) is 2. The van der Waals surface area contributed by atoms with E-state index < -0.39 is 0 Å². The van der Waals surface area contributed by atoms with Crippen LogP contribution in [0.1, 0.15) is 16.2 Å². The Hall–Kier alpha value is -2.80. The van der Waals surface area contributed by atoms with Gasteiger partial charge in [-0.25, -0.2) is 4.98 Å². The first-order valence-electron chi connectivity index (χ1n) is 6.92. The Morgan fingerprint density at radius 3 is 2.91 bits per heavy atom. The molecule has 0 unspecified atom stereocenters. The molecule has 1 aliphatic rings. The minimum absolute atomic E-state index is 0.199. The quantitative estimate of drug-likeness (QED) is 0.793. The molecule has 7 heteroatoms. The molecule has 23 heavy (non-hydrogen) atoms. The van der Waals surface area contributed by atoms with Crippen molar-refractivity contribution in [3.8, 4) is 22.3 Å². The second-order valence-electron chi connectivity index (χ2n) is 4.97. The summed E-state index contributed by atoms with van der Waals surface area (Å²) in [5.74, 6) is 2.48. The molecule has 0 spiro atoms. The minimum atomic E-state index is -0.283. The summed E-state index contributed by atoms with van der Waals surface area (Å²) in [6.45, 7) is 2.06. The van der Waals surface area contributed by atoms with Crippen LogP contribution in [0.15, 0.2) is 40.1 Å². The van der Waals surface area contributed by atoms with Crippen molar-refractivity contribution >= 4 is 22.9 Å². The second kappa shape index (κ2) is 5.44. The number of fused-ring (bicyclic) bond motifs is 1. The number of rotatable bonds is 3. The molecule has 0 fully saturated rings. The lowest BCUT2D eigenvalue weighted by Gasteiger charge is -2.04. The molecule has 0 bridgehead atoms. The zero-order chi connectivity index (χ0) is 15.8. The predicted octanol–water partition coefficient (Wildman–Crippen LogP) is 3.69. The van der Waals surface area contributed by atoms with E-state index in [0.717, 1.165) is 5.76 Å². The number of aryl methyl sites for hydroxylation is 1. The Balaban J connectivity index is 1.52. The van der Waals surface area contributed by atoms with Crippen LogP contribution in [-0.4, -0.2) is 17.7 Å². The van der Waals surface area contributed by atoms with Crippen molar-refractivity contribution in [1.82, 2.24) is 4.98 Å². The topological polar surface area (TPSA) is 73.6 Å². The van der Waals surface area contributed by atoms with Gasteiger partial charge in [0.2, 0.25) is 6.79 Å². The maximum Gasteiger partial charge on any atom is 0.275 e. The number of carbonyl (C=O) groups excluding carboxylic acids is 1. The van der Waals surface area contributed by atoms with Gasteiger partial charge >= 0.3 is 0 Å². The average molecular weight is 328 g/mol. The van der Waals surface area contributed by atoms with Gasteiger partial charge in [0.05, 0.1) is 0 Å². The van der Waals surface area contributed by atoms with Crippen LogP contribution in [0.4, 0.5) is 5.69 Å². The van der Waals surface area contributed by atoms with E-state index in [4.69, 9.17) is 13.9 Å². The summed E-state index contributed by atoms with van der Waals surface area (Å²) in [4.78, 5) is 16.6. The SMILES string of the molecule is Cc1ccc(-c2nc(C(=O)Nc3ccc4c(c3)OCO4)cs2)o1. The molecule has 116 valence electrons. The van der Waals surface area contributed by atoms with Crippen molar-refractivity contribution in [2.75, 3.05) is 12.1 Å². The standard InChI is InChI=1S/C16H12N2O4S/c1-9-2-4-13(22-9)16-18-11(7-23-16)15(19)17-10-3-5-12-14(6-10)21-8-20-12/h2-7H,8H2,1H3,(H,17,19). The van der Waals surface area contributed by atoms with Crippen molar-refractivity contribution in [3.05, 3.63) is 47.2 Å². The molecule has 1 amide bonds. The van der Waals surface area contributed by atoms with Crippen LogP contribution in [0.5, 0.6) is 11.5 Å². The highest BCUT2D eigenvalue weighted by Gasteiger charge is 2.17. The number of aromatic nitrogens is 1. The summed E-state index contributed by atoms with van der Waals surface area (Å²) in [6.07, 6.45) is 0. The van der Waals surface area contributed by atoms with Crippen LogP contribution in [-0.2, 0) is 0 Å². The number of thiazole rings is 1. The number of hydrogen-bond acceptors (Lipinski definition) is 6. The molecule has 1 N–H and O–H groups in total. The molecule has 0 saturated heterocycles. The number of carbonyl (C=O) groups is 1. The normalized spacial score (nSPS) is 12.4. The van der Waals surface area contributed by atoms with Gasteiger partial charge in [-0.05, 0) is 31.2 Å². The Morgan fingerprint density at radius 2 is 2.09 bits per heavy atom. The smallest absolute Gasteiger partial charge is 0.275 e. The van der Waals surface area contributed by atoms with Crippen molar-refractivity contribution < 1.29 is 18.7 Å². The summed E-state index contributed by atoms with van der Waals surface area (Å²) in [6, 6.07) is 8.95. The van der Waals surface area contributed by atoms with Gasteiger partial charge in [0.15, 0.2) is 22.3 Å². The van der Waals surface area contributed by atoms with E-state index in [1.54, 1.807) is 23.6 Å². The summed E-state index contributed by atoms with van der Waals surface area (Å²) < 4.78 is 16.0. The Bertz CT molecular complexity index is 884. The third-order valence-electron chi connectivity index (χ3n) is 3.32. The Morgan fingerprint density at radius 1 is 1.22 bits per heavy atom. The van der Waals surface area contributed by atoms with Crippen LogP contribution in [0.3, 0.4) is 0 Å². The van der Waals surface area contributed by atoms with Crippen molar-refractivity contribution in [3.63, 3.8) is 0 Å². The van der Waals surface area contributed by atoms with E-state index in [1.807, 2.05) is 19.1 Å². The minimum Gasteiger partial charge on any atom is -0.459 e. The number of benzene rings is 1. The fourth-order valence-corrected chi connectivity index (χ4v) is 2.97. The average Bonchev–Trinajstić information content (AvgIpc) is 3.26. The van der Waals surface area contributed by atoms with Crippen LogP contribution in [0.25, 0.3) is 10.8 Å². The molecule has 3 aromatic rings. The molecule has 4 rings (SSSR count). The van der Waals surface area contributed by atoms with Gasteiger partial charge in [-0.2, -0.15) is 0 Å². The van der Waals surface area contributed by atoms with Gasteiger partial charge in [-0.15, -0.1) is 11.3 Å². The highest BCUT2D eigenvalue weighted by Crippen LogP contribution is 2.34. The number of hydrogen-bond donors (Lipinski definition) is 1. The summed E-state index contributed by atoms with van der Waals surface area (Å²) in [5.41, 5.74) is 0.972. The molecule has 0 radical (unpaired) electrons. The molecule has 1 aliphatic heterocycles. The maximum atomic E-state index is 12.3. The molecular formula is C16H12N2O4S. The Labute approximate surface area is 135 Å². The van der Waals surface area contributed by atoms with Crippen molar-refractivity contribution in [2.24, 2.45) is 0 Å². The first-order chi connectivity index (χ1) is 11.2. The number of nitrogens with one attached hydrogen (secondary N) is 1. The van der Waals surface area contributed by atoms with Gasteiger partial charge in [-0.1, -0.05) is 0 Å².